The molecule has 2 heterocycles. The van der Waals surface area contributed by atoms with Crippen LogP contribution >= 0.6 is 11.3 Å². The van der Waals surface area contributed by atoms with Crippen LogP contribution in [0.25, 0.3) is 10.4 Å². The van der Waals surface area contributed by atoms with E-state index in [1.807, 2.05) is 56.0 Å². The molecule has 0 radical (unpaired) electrons. The van der Waals surface area contributed by atoms with E-state index in [1.165, 1.54) is 0 Å². The lowest BCUT2D eigenvalue weighted by atomic mass is 10.2. The van der Waals surface area contributed by atoms with Crippen molar-refractivity contribution in [3.8, 4) is 22.1 Å². The van der Waals surface area contributed by atoms with Crippen molar-refractivity contribution in [2.75, 3.05) is 12.4 Å². The van der Waals surface area contributed by atoms with Gasteiger partial charge < -0.3 is 10.1 Å². The van der Waals surface area contributed by atoms with E-state index in [-0.39, 0.29) is 0 Å². The number of ether oxygens (including phenoxy) is 1. The fourth-order valence-corrected chi connectivity index (χ4v) is 2.64. The molecule has 1 aromatic carbocycles. The summed E-state index contributed by atoms with van der Waals surface area (Å²) in [6.45, 7) is 2.02. The van der Waals surface area contributed by atoms with Crippen LogP contribution in [-0.4, -0.2) is 17.0 Å². The van der Waals surface area contributed by atoms with Crippen LogP contribution in [0.3, 0.4) is 0 Å². The first-order chi connectivity index (χ1) is 10.3. The maximum absolute atomic E-state index is 5.78. The van der Waals surface area contributed by atoms with Crippen molar-refractivity contribution < 1.29 is 4.74 Å². The van der Waals surface area contributed by atoms with E-state index >= 15 is 0 Å². The molecule has 3 aromatic rings. The molecule has 0 atom stereocenters. The molecule has 0 fully saturated rings. The Hall–Kier alpha value is -2.40. The number of aromatic nitrogens is 2. The highest BCUT2D eigenvalue weighted by Gasteiger charge is 2.04. The molecular weight excluding hydrogens is 282 g/mol. The minimum Gasteiger partial charge on any atom is -0.439 e. The van der Waals surface area contributed by atoms with Crippen molar-refractivity contribution in [3.05, 3.63) is 53.8 Å². The van der Waals surface area contributed by atoms with Crippen molar-refractivity contribution in [1.82, 2.24) is 9.97 Å². The number of hydrogen-bond acceptors (Lipinski definition) is 5. The van der Waals surface area contributed by atoms with Gasteiger partial charge in [0.2, 0.25) is 5.88 Å². The number of nitrogens with zero attached hydrogens (tertiary/aromatic N) is 2. The number of rotatable bonds is 4. The average Bonchev–Trinajstić information content (AvgIpc) is 3.02. The zero-order chi connectivity index (χ0) is 14.7. The first kappa shape index (κ1) is 13.6. The van der Waals surface area contributed by atoms with Crippen LogP contribution in [0, 0.1) is 6.92 Å². The van der Waals surface area contributed by atoms with E-state index in [9.17, 15) is 0 Å². The number of benzene rings is 1. The Morgan fingerprint density at radius 2 is 1.95 bits per heavy atom. The van der Waals surface area contributed by atoms with Gasteiger partial charge in [0, 0.05) is 19.3 Å². The largest absolute Gasteiger partial charge is 0.439 e. The van der Waals surface area contributed by atoms with Crippen molar-refractivity contribution in [1.29, 1.82) is 0 Å². The second-order valence-corrected chi connectivity index (χ2v) is 5.47. The van der Waals surface area contributed by atoms with E-state index in [4.69, 9.17) is 4.74 Å². The molecule has 0 saturated carbocycles. The normalized spacial score (nSPS) is 10.4. The fourth-order valence-electron chi connectivity index (χ4n) is 2.01. The number of thiazole rings is 1. The van der Waals surface area contributed by atoms with E-state index in [0.717, 1.165) is 27.4 Å². The SMILES string of the molecule is CNc1cnc(Oc2ccc(-c3cncs3)cc2)cc1C. The van der Waals surface area contributed by atoms with Crippen molar-refractivity contribution in [2.24, 2.45) is 0 Å². The van der Waals surface area contributed by atoms with Gasteiger partial charge in [0.15, 0.2) is 0 Å². The van der Waals surface area contributed by atoms with Gasteiger partial charge in [-0.1, -0.05) is 0 Å². The van der Waals surface area contributed by atoms with Gasteiger partial charge in [-0.2, -0.15) is 0 Å². The van der Waals surface area contributed by atoms with Gasteiger partial charge >= 0.3 is 0 Å². The summed E-state index contributed by atoms with van der Waals surface area (Å²) in [4.78, 5) is 9.52. The molecule has 0 amide bonds. The molecule has 0 bridgehead atoms. The number of aryl methyl sites for hydroxylation is 1. The Morgan fingerprint density at radius 3 is 2.57 bits per heavy atom. The summed E-state index contributed by atoms with van der Waals surface area (Å²) in [6.07, 6.45) is 3.64. The van der Waals surface area contributed by atoms with Gasteiger partial charge in [-0.05, 0) is 42.3 Å². The van der Waals surface area contributed by atoms with Gasteiger partial charge in [0.25, 0.3) is 0 Å². The zero-order valence-corrected chi connectivity index (χ0v) is 12.6. The third-order valence-corrected chi connectivity index (χ3v) is 3.97. The monoisotopic (exact) mass is 297 g/mol. The summed E-state index contributed by atoms with van der Waals surface area (Å²) < 4.78 is 5.78. The fraction of sp³-hybridized carbons (Fsp3) is 0.125. The Balaban J connectivity index is 1.77. The van der Waals surface area contributed by atoms with Crippen molar-refractivity contribution >= 4 is 17.0 Å². The molecule has 5 heteroatoms. The van der Waals surface area contributed by atoms with Crippen LogP contribution in [0.15, 0.2) is 48.2 Å². The molecule has 106 valence electrons. The summed E-state index contributed by atoms with van der Waals surface area (Å²) in [5.74, 6) is 1.37. The molecule has 0 aliphatic rings. The topological polar surface area (TPSA) is 47.0 Å². The smallest absolute Gasteiger partial charge is 0.219 e. The molecule has 4 nitrogen and oxygen atoms in total. The van der Waals surface area contributed by atoms with Gasteiger partial charge in [0.1, 0.15) is 5.75 Å². The molecule has 3 rings (SSSR count). The maximum Gasteiger partial charge on any atom is 0.219 e. The minimum absolute atomic E-state index is 0.594. The van der Waals surface area contributed by atoms with Crippen LogP contribution in [0.4, 0.5) is 5.69 Å². The molecule has 2 aromatic heterocycles. The second kappa shape index (κ2) is 5.93. The van der Waals surface area contributed by atoms with Crippen LogP contribution in [0.5, 0.6) is 11.6 Å². The highest BCUT2D eigenvalue weighted by molar-refractivity contribution is 7.13. The molecule has 0 aliphatic carbocycles. The lowest BCUT2D eigenvalue weighted by Crippen LogP contribution is -1.95. The van der Waals surface area contributed by atoms with Crippen LogP contribution in [0.1, 0.15) is 5.56 Å². The molecule has 0 aliphatic heterocycles. The summed E-state index contributed by atoms with van der Waals surface area (Å²) in [5, 5.41) is 3.09. The first-order valence-electron chi connectivity index (χ1n) is 6.57. The number of pyridine rings is 1. The lowest BCUT2D eigenvalue weighted by molar-refractivity contribution is 0.463. The summed E-state index contributed by atoms with van der Waals surface area (Å²) >= 11 is 1.62. The minimum atomic E-state index is 0.594. The van der Waals surface area contributed by atoms with Crippen LogP contribution in [-0.2, 0) is 0 Å². The zero-order valence-electron chi connectivity index (χ0n) is 11.8. The number of anilines is 1. The second-order valence-electron chi connectivity index (χ2n) is 4.58. The van der Waals surface area contributed by atoms with Gasteiger partial charge in [-0.3, -0.25) is 4.98 Å². The quantitative estimate of drug-likeness (QED) is 0.778. The Morgan fingerprint density at radius 1 is 1.14 bits per heavy atom. The van der Waals surface area contributed by atoms with Crippen LogP contribution in [0.2, 0.25) is 0 Å². The Bertz CT molecular complexity index is 724. The number of hydrogen-bond donors (Lipinski definition) is 1. The van der Waals surface area contributed by atoms with Crippen molar-refractivity contribution in [2.45, 2.75) is 6.92 Å². The molecule has 0 spiro atoms. The third kappa shape index (κ3) is 3.03. The maximum atomic E-state index is 5.78. The van der Waals surface area contributed by atoms with E-state index < -0.39 is 0 Å². The summed E-state index contributed by atoms with van der Waals surface area (Å²) in [6, 6.07) is 9.86. The van der Waals surface area contributed by atoms with Gasteiger partial charge in [-0.15, -0.1) is 11.3 Å². The summed E-state index contributed by atoms with van der Waals surface area (Å²) in [7, 11) is 1.88. The molecule has 0 unspecified atom stereocenters. The standard InChI is InChI=1S/C16H15N3OS/c1-11-7-16(19-8-14(11)17-2)20-13-5-3-12(4-6-13)15-9-18-10-21-15/h3-10,17H,1-2H3. The predicted molar refractivity (Wildman–Crippen MR) is 86.1 cm³/mol. The first-order valence-corrected chi connectivity index (χ1v) is 7.45. The van der Waals surface area contributed by atoms with E-state index in [2.05, 4.69) is 15.3 Å². The highest BCUT2D eigenvalue weighted by Crippen LogP contribution is 2.28. The van der Waals surface area contributed by atoms with E-state index in [1.54, 1.807) is 17.5 Å². The molecule has 0 saturated heterocycles. The van der Waals surface area contributed by atoms with Gasteiger partial charge in [0.05, 0.1) is 22.3 Å². The molecular formula is C16H15N3OS. The van der Waals surface area contributed by atoms with Crippen LogP contribution < -0.4 is 10.1 Å². The van der Waals surface area contributed by atoms with Crippen molar-refractivity contribution in [3.63, 3.8) is 0 Å². The third-order valence-electron chi connectivity index (χ3n) is 3.15. The lowest BCUT2D eigenvalue weighted by Gasteiger charge is -2.08. The van der Waals surface area contributed by atoms with Gasteiger partial charge in [-0.25, -0.2) is 4.98 Å². The molecule has 21 heavy (non-hydrogen) atoms. The Kier molecular flexibility index (Phi) is 3.83. The summed E-state index contributed by atoms with van der Waals surface area (Å²) in [5.41, 5.74) is 5.07. The number of nitrogens with one attached hydrogen (secondary N) is 1. The molecule has 1 N–H and O–H groups in total. The average molecular weight is 297 g/mol. The highest BCUT2D eigenvalue weighted by atomic mass is 32.1. The predicted octanol–water partition coefficient (Wildman–Crippen LogP) is 4.35. The van der Waals surface area contributed by atoms with E-state index in [0.29, 0.717) is 5.88 Å². The Labute approximate surface area is 127 Å².